The molecule has 4 rings (SSSR count). The van der Waals surface area contributed by atoms with Crippen molar-refractivity contribution in [3.63, 3.8) is 0 Å². The highest BCUT2D eigenvalue weighted by Gasteiger charge is 2.45. The molecular formula is C19H20N2O4. The molecule has 0 atom stereocenters. The van der Waals surface area contributed by atoms with Gasteiger partial charge in [0.1, 0.15) is 6.61 Å². The van der Waals surface area contributed by atoms with Crippen LogP contribution in [-0.2, 0) is 11.3 Å². The third kappa shape index (κ3) is 2.82. The Morgan fingerprint density at radius 1 is 1.12 bits per heavy atom. The predicted molar refractivity (Wildman–Crippen MR) is 92.5 cm³/mol. The summed E-state index contributed by atoms with van der Waals surface area (Å²) in [6, 6.07) is 11.0. The van der Waals surface area contributed by atoms with Crippen molar-refractivity contribution in [3.05, 3.63) is 64.1 Å². The zero-order valence-corrected chi connectivity index (χ0v) is 13.9. The number of nitrogens with one attached hydrogen (secondary N) is 1. The molecule has 1 saturated heterocycles. The minimum atomic E-state index is -0.517. The van der Waals surface area contributed by atoms with Gasteiger partial charge < -0.3 is 14.9 Å². The molecular weight excluding hydrogens is 320 g/mol. The summed E-state index contributed by atoms with van der Waals surface area (Å²) in [6.07, 6.45) is 2.90. The van der Waals surface area contributed by atoms with Gasteiger partial charge in [-0.1, -0.05) is 30.3 Å². The number of carbonyl (C=O) groups excluding carboxylic acids is 1. The van der Waals surface area contributed by atoms with E-state index in [1.54, 1.807) is 10.9 Å². The molecule has 6 heteroatoms. The lowest BCUT2D eigenvalue weighted by molar-refractivity contribution is 0.0173. The first-order valence-corrected chi connectivity index (χ1v) is 8.48. The Hall–Kier alpha value is -2.60. The van der Waals surface area contributed by atoms with E-state index in [9.17, 15) is 9.59 Å². The second-order valence-electron chi connectivity index (χ2n) is 6.56. The van der Waals surface area contributed by atoms with Crippen LogP contribution in [-0.4, -0.2) is 30.2 Å². The van der Waals surface area contributed by atoms with Crippen LogP contribution in [0.3, 0.4) is 0 Å². The van der Waals surface area contributed by atoms with Crippen LogP contribution in [0, 0.1) is 5.41 Å². The molecule has 0 saturated carbocycles. The molecule has 0 bridgehead atoms. The maximum atomic E-state index is 13.2. The largest absolute Gasteiger partial charge is 0.483 e. The molecule has 0 unspecified atom stereocenters. The molecule has 1 fully saturated rings. The van der Waals surface area contributed by atoms with E-state index >= 15 is 0 Å². The van der Waals surface area contributed by atoms with Crippen molar-refractivity contribution >= 4 is 5.78 Å². The second kappa shape index (κ2) is 6.37. The van der Waals surface area contributed by atoms with Gasteiger partial charge in [0.15, 0.2) is 17.2 Å². The van der Waals surface area contributed by atoms with Crippen LogP contribution >= 0.6 is 0 Å². The summed E-state index contributed by atoms with van der Waals surface area (Å²) in [7, 11) is 0. The molecule has 6 nitrogen and oxygen atoms in total. The maximum Gasteiger partial charge on any atom is 0.224 e. The summed E-state index contributed by atoms with van der Waals surface area (Å²) >= 11 is 0. The van der Waals surface area contributed by atoms with E-state index in [-0.39, 0.29) is 23.6 Å². The lowest BCUT2D eigenvalue weighted by atomic mass is 9.74. The number of carbonyl (C=O) groups is 1. The van der Waals surface area contributed by atoms with Crippen LogP contribution in [0.4, 0.5) is 0 Å². The number of ether oxygens (including phenoxy) is 2. The lowest BCUT2D eigenvalue weighted by Crippen LogP contribution is -2.50. The van der Waals surface area contributed by atoms with Gasteiger partial charge in [-0.2, -0.15) is 0 Å². The van der Waals surface area contributed by atoms with Crippen LogP contribution in [0.15, 0.2) is 47.4 Å². The maximum absolute atomic E-state index is 13.2. The lowest BCUT2D eigenvalue weighted by Gasteiger charge is -2.40. The Morgan fingerprint density at radius 3 is 2.64 bits per heavy atom. The van der Waals surface area contributed by atoms with E-state index in [4.69, 9.17) is 9.47 Å². The van der Waals surface area contributed by atoms with Gasteiger partial charge in [0.25, 0.3) is 0 Å². The van der Waals surface area contributed by atoms with Crippen LogP contribution in [0.1, 0.15) is 28.9 Å². The number of pyridine rings is 1. The molecule has 0 radical (unpaired) electrons. The zero-order valence-electron chi connectivity index (χ0n) is 13.9. The molecule has 1 aromatic heterocycles. The Labute approximate surface area is 145 Å². The van der Waals surface area contributed by atoms with Crippen LogP contribution < -0.4 is 15.6 Å². The molecule has 1 aromatic carbocycles. The number of aromatic nitrogens is 1. The summed E-state index contributed by atoms with van der Waals surface area (Å²) < 4.78 is 12.8. The van der Waals surface area contributed by atoms with Crippen molar-refractivity contribution < 1.29 is 14.3 Å². The molecule has 2 aliphatic rings. The molecule has 1 N–H and O–H groups in total. The first kappa shape index (κ1) is 15.9. The molecule has 1 spiro atoms. The van der Waals surface area contributed by atoms with Gasteiger partial charge in [-0.05, 0) is 18.4 Å². The normalized spacial score (nSPS) is 18.5. The molecule has 25 heavy (non-hydrogen) atoms. The van der Waals surface area contributed by atoms with Gasteiger partial charge >= 0.3 is 0 Å². The number of ketones is 1. The number of hydrogen-bond donors (Lipinski definition) is 1. The fourth-order valence-electron chi connectivity index (χ4n) is 3.47. The highest BCUT2D eigenvalue weighted by molar-refractivity contribution is 6.02. The Kier molecular flexibility index (Phi) is 4.05. The van der Waals surface area contributed by atoms with Gasteiger partial charge in [-0.25, -0.2) is 0 Å². The SMILES string of the molecule is O=C1c2c(OCc3ccccc3)c(=O)ccn2NCC12CCOCC2. The average molecular weight is 340 g/mol. The molecule has 0 aliphatic carbocycles. The van der Waals surface area contributed by atoms with Gasteiger partial charge in [0.2, 0.25) is 5.43 Å². The number of fused-ring (bicyclic) bond motifs is 1. The number of rotatable bonds is 3. The van der Waals surface area contributed by atoms with Crippen LogP contribution in [0.5, 0.6) is 5.75 Å². The highest BCUT2D eigenvalue weighted by Crippen LogP contribution is 2.38. The summed E-state index contributed by atoms with van der Waals surface area (Å²) in [5.41, 5.74) is 3.71. The fourth-order valence-corrected chi connectivity index (χ4v) is 3.47. The van der Waals surface area contributed by atoms with Crippen molar-refractivity contribution in [1.29, 1.82) is 0 Å². The fraction of sp³-hybridized carbons (Fsp3) is 0.368. The third-order valence-electron chi connectivity index (χ3n) is 5.02. The van der Waals surface area contributed by atoms with E-state index in [0.29, 0.717) is 38.3 Å². The Bertz CT molecular complexity index is 838. The minimum absolute atomic E-state index is 0.0321. The number of nitrogens with zero attached hydrogens (tertiary/aromatic N) is 1. The van der Waals surface area contributed by atoms with Gasteiger partial charge in [-0.3, -0.25) is 14.3 Å². The minimum Gasteiger partial charge on any atom is -0.483 e. The summed E-state index contributed by atoms with van der Waals surface area (Å²) in [5, 5.41) is 0. The predicted octanol–water partition coefficient (Wildman–Crippen LogP) is 1.96. The zero-order chi connectivity index (χ0) is 17.3. The Balaban J connectivity index is 1.69. The first-order chi connectivity index (χ1) is 12.2. The standard InChI is InChI=1S/C19H20N2O4/c22-15-6-9-21-16(17(15)25-12-14-4-2-1-3-5-14)18(23)19(13-20-21)7-10-24-11-8-19/h1-6,9,20H,7-8,10-13H2. The van der Waals surface area contributed by atoms with E-state index in [0.717, 1.165) is 5.56 Å². The van der Waals surface area contributed by atoms with Crippen LogP contribution in [0.2, 0.25) is 0 Å². The van der Waals surface area contributed by atoms with E-state index in [2.05, 4.69) is 5.43 Å². The summed E-state index contributed by atoms with van der Waals surface area (Å²) in [5.74, 6) is 0.0877. The summed E-state index contributed by atoms with van der Waals surface area (Å²) in [4.78, 5) is 25.6. The van der Waals surface area contributed by atoms with Crippen molar-refractivity contribution in [3.8, 4) is 5.75 Å². The number of Topliss-reactive ketones (excluding diaryl/α,β-unsaturated/α-hetero) is 1. The number of benzene rings is 1. The molecule has 2 aromatic rings. The smallest absolute Gasteiger partial charge is 0.224 e. The van der Waals surface area contributed by atoms with Crippen molar-refractivity contribution in [2.75, 3.05) is 25.2 Å². The first-order valence-electron chi connectivity index (χ1n) is 8.48. The van der Waals surface area contributed by atoms with E-state index in [1.807, 2.05) is 30.3 Å². The van der Waals surface area contributed by atoms with Gasteiger partial charge in [0, 0.05) is 32.0 Å². The molecule has 3 heterocycles. The second-order valence-corrected chi connectivity index (χ2v) is 6.56. The van der Waals surface area contributed by atoms with E-state index < -0.39 is 5.41 Å². The van der Waals surface area contributed by atoms with Gasteiger partial charge in [0.05, 0.1) is 5.41 Å². The van der Waals surface area contributed by atoms with E-state index in [1.165, 1.54) is 6.07 Å². The average Bonchev–Trinajstić information content (AvgIpc) is 2.66. The molecule has 0 amide bonds. The van der Waals surface area contributed by atoms with Crippen LogP contribution in [0.25, 0.3) is 0 Å². The molecule has 130 valence electrons. The van der Waals surface area contributed by atoms with Crippen molar-refractivity contribution in [2.45, 2.75) is 19.4 Å². The van der Waals surface area contributed by atoms with Crippen molar-refractivity contribution in [2.24, 2.45) is 5.41 Å². The molecule has 2 aliphatic heterocycles. The topological polar surface area (TPSA) is 69.6 Å². The number of hydrogen-bond acceptors (Lipinski definition) is 5. The van der Waals surface area contributed by atoms with Gasteiger partial charge in [-0.15, -0.1) is 0 Å². The quantitative estimate of drug-likeness (QED) is 0.925. The third-order valence-corrected chi connectivity index (χ3v) is 5.02. The monoisotopic (exact) mass is 340 g/mol. The Morgan fingerprint density at radius 2 is 1.88 bits per heavy atom. The summed E-state index contributed by atoms with van der Waals surface area (Å²) in [6.45, 7) is 1.91. The van der Waals surface area contributed by atoms with Crippen molar-refractivity contribution in [1.82, 2.24) is 4.68 Å². The highest BCUT2D eigenvalue weighted by atomic mass is 16.5.